The summed E-state index contributed by atoms with van der Waals surface area (Å²) >= 11 is 1.58. The standard InChI is InChI=1S/C16H21FN2O2S2/c1-3-19(4-2)16(13-8-9-22-12-13)11-18-23(20,21)15-7-5-6-14(17)10-15/h5-10,12,16,18H,3-4,11H2,1-2H3/t16-/m0/s1. The van der Waals surface area contributed by atoms with Crippen LogP contribution in [0.1, 0.15) is 25.5 Å². The first-order chi connectivity index (χ1) is 11.0. The van der Waals surface area contributed by atoms with E-state index in [0.29, 0.717) is 0 Å². The lowest BCUT2D eigenvalue weighted by Crippen LogP contribution is -2.37. The molecule has 1 heterocycles. The Morgan fingerprint density at radius 1 is 1.26 bits per heavy atom. The summed E-state index contributed by atoms with van der Waals surface area (Å²) < 4.78 is 40.6. The van der Waals surface area contributed by atoms with Gasteiger partial charge in [0.05, 0.1) is 4.90 Å². The van der Waals surface area contributed by atoms with E-state index in [4.69, 9.17) is 0 Å². The highest BCUT2D eigenvalue weighted by atomic mass is 32.2. The molecule has 0 amide bonds. The van der Waals surface area contributed by atoms with Crippen molar-refractivity contribution in [2.75, 3.05) is 19.6 Å². The van der Waals surface area contributed by atoms with Gasteiger partial charge in [0.1, 0.15) is 5.82 Å². The van der Waals surface area contributed by atoms with Gasteiger partial charge in [0, 0.05) is 12.6 Å². The quantitative estimate of drug-likeness (QED) is 0.790. The largest absolute Gasteiger partial charge is 0.296 e. The summed E-state index contributed by atoms with van der Waals surface area (Å²) in [6.07, 6.45) is 0. The second-order valence-corrected chi connectivity index (χ2v) is 7.65. The predicted octanol–water partition coefficient (Wildman–Crippen LogP) is 3.25. The van der Waals surface area contributed by atoms with E-state index >= 15 is 0 Å². The molecule has 1 N–H and O–H groups in total. The summed E-state index contributed by atoms with van der Waals surface area (Å²) in [4.78, 5) is 2.14. The third-order valence-corrected chi connectivity index (χ3v) is 5.88. The van der Waals surface area contributed by atoms with Crippen molar-refractivity contribution in [3.05, 3.63) is 52.5 Å². The lowest BCUT2D eigenvalue weighted by Gasteiger charge is -2.29. The highest BCUT2D eigenvalue weighted by molar-refractivity contribution is 7.89. The second kappa shape index (κ2) is 8.01. The van der Waals surface area contributed by atoms with Crippen molar-refractivity contribution in [2.24, 2.45) is 0 Å². The van der Waals surface area contributed by atoms with Crippen molar-refractivity contribution in [3.8, 4) is 0 Å². The molecule has 0 saturated heterocycles. The number of halogens is 1. The average molecular weight is 356 g/mol. The molecular weight excluding hydrogens is 335 g/mol. The molecule has 23 heavy (non-hydrogen) atoms. The number of benzene rings is 1. The number of nitrogens with zero attached hydrogens (tertiary/aromatic N) is 1. The Hall–Kier alpha value is -1.28. The fourth-order valence-corrected chi connectivity index (χ4v) is 4.27. The molecule has 126 valence electrons. The fraction of sp³-hybridized carbons (Fsp3) is 0.375. The van der Waals surface area contributed by atoms with Crippen molar-refractivity contribution in [1.29, 1.82) is 0 Å². The number of hydrogen-bond acceptors (Lipinski definition) is 4. The van der Waals surface area contributed by atoms with E-state index in [1.54, 1.807) is 11.3 Å². The maximum atomic E-state index is 13.3. The number of likely N-dealkylation sites (N-methyl/N-ethyl adjacent to an activating group) is 1. The number of rotatable bonds is 8. The van der Waals surface area contributed by atoms with Crippen LogP contribution in [0.5, 0.6) is 0 Å². The molecule has 0 bridgehead atoms. The Kier molecular flexibility index (Phi) is 6.29. The van der Waals surface area contributed by atoms with Crippen LogP contribution >= 0.6 is 11.3 Å². The topological polar surface area (TPSA) is 49.4 Å². The van der Waals surface area contributed by atoms with E-state index in [1.165, 1.54) is 18.2 Å². The van der Waals surface area contributed by atoms with Gasteiger partial charge in [-0.3, -0.25) is 4.90 Å². The molecule has 0 aliphatic carbocycles. The van der Waals surface area contributed by atoms with Crippen molar-refractivity contribution in [1.82, 2.24) is 9.62 Å². The van der Waals surface area contributed by atoms with Crippen LogP contribution in [0.25, 0.3) is 0 Å². The summed E-state index contributed by atoms with van der Waals surface area (Å²) in [7, 11) is -3.73. The van der Waals surface area contributed by atoms with E-state index in [2.05, 4.69) is 9.62 Å². The molecule has 0 saturated carbocycles. The molecule has 2 rings (SSSR count). The van der Waals surface area contributed by atoms with Crippen LogP contribution in [0.15, 0.2) is 46.0 Å². The SMILES string of the molecule is CCN(CC)[C@@H](CNS(=O)(=O)c1cccc(F)c1)c1ccsc1. The highest BCUT2D eigenvalue weighted by Gasteiger charge is 2.22. The Morgan fingerprint density at radius 3 is 2.57 bits per heavy atom. The predicted molar refractivity (Wildman–Crippen MR) is 91.6 cm³/mol. The molecule has 0 unspecified atom stereocenters. The second-order valence-electron chi connectivity index (χ2n) is 5.10. The first-order valence-corrected chi connectivity index (χ1v) is 9.92. The van der Waals surface area contributed by atoms with Gasteiger partial charge in [0.25, 0.3) is 0 Å². The zero-order valence-corrected chi connectivity index (χ0v) is 14.8. The Labute approximate surface area is 141 Å². The molecule has 0 aliphatic heterocycles. The van der Waals surface area contributed by atoms with Crippen LogP contribution in [-0.4, -0.2) is 33.0 Å². The van der Waals surface area contributed by atoms with E-state index < -0.39 is 15.8 Å². The monoisotopic (exact) mass is 356 g/mol. The summed E-state index contributed by atoms with van der Waals surface area (Å²) in [6.45, 7) is 5.97. The van der Waals surface area contributed by atoms with Crippen LogP contribution in [-0.2, 0) is 10.0 Å². The van der Waals surface area contributed by atoms with Gasteiger partial charge in [-0.2, -0.15) is 11.3 Å². The number of thiophene rings is 1. The summed E-state index contributed by atoms with van der Waals surface area (Å²) in [5, 5.41) is 4.01. The highest BCUT2D eigenvalue weighted by Crippen LogP contribution is 2.23. The van der Waals surface area contributed by atoms with E-state index in [0.717, 1.165) is 24.7 Å². The summed E-state index contributed by atoms with van der Waals surface area (Å²) in [5.41, 5.74) is 1.08. The molecule has 0 radical (unpaired) electrons. The van der Waals surface area contributed by atoms with Gasteiger partial charge in [-0.25, -0.2) is 17.5 Å². The summed E-state index contributed by atoms with van der Waals surface area (Å²) in [5.74, 6) is -0.564. The van der Waals surface area contributed by atoms with Crippen molar-refractivity contribution < 1.29 is 12.8 Å². The minimum atomic E-state index is -3.73. The van der Waals surface area contributed by atoms with Crippen molar-refractivity contribution in [3.63, 3.8) is 0 Å². The average Bonchev–Trinajstić information content (AvgIpc) is 3.05. The van der Waals surface area contributed by atoms with Gasteiger partial charge < -0.3 is 0 Å². The van der Waals surface area contributed by atoms with Crippen molar-refractivity contribution in [2.45, 2.75) is 24.8 Å². The van der Waals surface area contributed by atoms with E-state index in [-0.39, 0.29) is 17.5 Å². The smallest absolute Gasteiger partial charge is 0.240 e. The first-order valence-electron chi connectivity index (χ1n) is 7.49. The molecule has 1 aromatic heterocycles. The normalized spacial score (nSPS) is 13.4. The molecule has 2 aromatic rings. The molecule has 1 atom stereocenters. The number of hydrogen-bond donors (Lipinski definition) is 1. The van der Waals surface area contributed by atoms with Gasteiger partial charge >= 0.3 is 0 Å². The van der Waals surface area contributed by atoms with Crippen LogP contribution in [0.2, 0.25) is 0 Å². The lowest BCUT2D eigenvalue weighted by atomic mass is 10.1. The molecule has 0 spiro atoms. The molecule has 0 aliphatic rings. The molecule has 7 heteroatoms. The molecule has 0 fully saturated rings. The maximum absolute atomic E-state index is 13.3. The van der Waals surface area contributed by atoms with Gasteiger partial charge in [-0.15, -0.1) is 0 Å². The van der Waals surface area contributed by atoms with Crippen LogP contribution in [0.3, 0.4) is 0 Å². The Morgan fingerprint density at radius 2 is 2.00 bits per heavy atom. The van der Waals surface area contributed by atoms with Gasteiger partial charge in [0.2, 0.25) is 10.0 Å². The summed E-state index contributed by atoms with van der Waals surface area (Å²) in [6, 6.07) is 7.00. The zero-order chi connectivity index (χ0) is 16.9. The van der Waals surface area contributed by atoms with Gasteiger partial charge in [0.15, 0.2) is 0 Å². The number of nitrogens with one attached hydrogen (secondary N) is 1. The minimum absolute atomic E-state index is 0.0421. The minimum Gasteiger partial charge on any atom is -0.296 e. The van der Waals surface area contributed by atoms with Crippen LogP contribution in [0.4, 0.5) is 4.39 Å². The van der Waals surface area contributed by atoms with Crippen LogP contribution in [0, 0.1) is 5.82 Å². The molecule has 1 aromatic carbocycles. The lowest BCUT2D eigenvalue weighted by molar-refractivity contribution is 0.220. The maximum Gasteiger partial charge on any atom is 0.240 e. The first kappa shape index (κ1) is 18.1. The van der Waals surface area contributed by atoms with Gasteiger partial charge in [-0.05, 0) is 53.7 Å². The number of sulfonamides is 1. The van der Waals surface area contributed by atoms with Crippen molar-refractivity contribution >= 4 is 21.4 Å². The fourth-order valence-electron chi connectivity index (χ4n) is 2.49. The van der Waals surface area contributed by atoms with E-state index in [1.807, 2.05) is 30.7 Å². The molecule has 4 nitrogen and oxygen atoms in total. The third-order valence-electron chi connectivity index (χ3n) is 3.75. The zero-order valence-electron chi connectivity index (χ0n) is 13.2. The Bertz CT molecular complexity index is 713. The third kappa shape index (κ3) is 4.60. The molecular formula is C16H21FN2O2S2. The van der Waals surface area contributed by atoms with Gasteiger partial charge in [-0.1, -0.05) is 19.9 Å². The van der Waals surface area contributed by atoms with Crippen LogP contribution < -0.4 is 4.72 Å². The Balaban J connectivity index is 2.17. The van der Waals surface area contributed by atoms with E-state index in [9.17, 15) is 12.8 Å².